The SMILES string of the molecule is COc1ccc(S(=O)(=O)NCC#Cc2ccc(N3CCOC3=O)cc2)cc1C. The van der Waals surface area contributed by atoms with Crippen molar-refractivity contribution in [2.45, 2.75) is 11.8 Å². The summed E-state index contributed by atoms with van der Waals surface area (Å²) in [6.45, 7) is 2.67. The standard InChI is InChI=1S/C20H20N2O5S/c1-15-14-18(9-10-19(15)26-2)28(24,25)21-11-3-4-16-5-7-17(8-6-16)22-12-13-27-20(22)23/h5-10,14,21H,11-13H2,1-2H3. The third-order valence-corrected chi connectivity index (χ3v) is 5.60. The fourth-order valence-electron chi connectivity index (χ4n) is 2.73. The maximum Gasteiger partial charge on any atom is 0.414 e. The summed E-state index contributed by atoms with van der Waals surface area (Å²) in [6, 6.07) is 11.8. The van der Waals surface area contributed by atoms with Crippen molar-refractivity contribution < 1.29 is 22.7 Å². The number of methoxy groups -OCH3 is 1. The average molecular weight is 400 g/mol. The lowest BCUT2D eigenvalue weighted by Crippen LogP contribution is -2.24. The second-order valence-electron chi connectivity index (χ2n) is 6.07. The van der Waals surface area contributed by atoms with Gasteiger partial charge in [0.1, 0.15) is 12.4 Å². The molecule has 7 nitrogen and oxygen atoms in total. The van der Waals surface area contributed by atoms with Gasteiger partial charge in [-0.15, -0.1) is 0 Å². The summed E-state index contributed by atoms with van der Waals surface area (Å²) in [4.78, 5) is 13.2. The van der Waals surface area contributed by atoms with Crippen LogP contribution in [0.2, 0.25) is 0 Å². The molecular weight excluding hydrogens is 380 g/mol. The molecule has 3 rings (SSSR count). The largest absolute Gasteiger partial charge is 0.496 e. The van der Waals surface area contributed by atoms with Crippen molar-refractivity contribution in [3.05, 3.63) is 53.6 Å². The molecule has 2 aromatic rings. The quantitative estimate of drug-likeness (QED) is 0.779. The van der Waals surface area contributed by atoms with E-state index in [0.29, 0.717) is 18.9 Å². The number of cyclic esters (lactones) is 1. The van der Waals surface area contributed by atoms with Crippen molar-refractivity contribution >= 4 is 21.8 Å². The molecule has 1 aliphatic heterocycles. The maximum absolute atomic E-state index is 12.3. The second-order valence-corrected chi connectivity index (χ2v) is 7.84. The number of rotatable bonds is 5. The molecule has 0 aromatic heterocycles. The van der Waals surface area contributed by atoms with Crippen LogP contribution < -0.4 is 14.4 Å². The van der Waals surface area contributed by atoms with E-state index in [-0.39, 0.29) is 17.5 Å². The van der Waals surface area contributed by atoms with Gasteiger partial charge >= 0.3 is 6.09 Å². The molecule has 0 saturated carbocycles. The monoisotopic (exact) mass is 400 g/mol. The van der Waals surface area contributed by atoms with Crippen LogP contribution in [0.4, 0.5) is 10.5 Å². The topological polar surface area (TPSA) is 84.9 Å². The number of carbonyl (C=O) groups excluding carboxylic acids is 1. The van der Waals surface area contributed by atoms with Crippen molar-refractivity contribution in [2.75, 3.05) is 31.7 Å². The van der Waals surface area contributed by atoms with Crippen molar-refractivity contribution in [3.63, 3.8) is 0 Å². The molecule has 1 saturated heterocycles. The van der Waals surface area contributed by atoms with Crippen molar-refractivity contribution in [1.29, 1.82) is 0 Å². The van der Waals surface area contributed by atoms with Crippen LogP contribution in [-0.2, 0) is 14.8 Å². The first kappa shape index (κ1) is 19.7. The van der Waals surface area contributed by atoms with E-state index in [2.05, 4.69) is 16.6 Å². The molecule has 0 bridgehead atoms. The summed E-state index contributed by atoms with van der Waals surface area (Å²) in [7, 11) is -2.12. The predicted molar refractivity (Wildman–Crippen MR) is 105 cm³/mol. The summed E-state index contributed by atoms with van der Waals surface area (Å²) in [5, 5.41) is 0. The van der Waals surface area contributed by atoms with Crippen LogP contribution in [0.5, 0.6) is 5.75 Å². The van der Waals surface area contributed by atoms with Crippen molar-refractivity contribution in [2.24, 2.45) is 0 Å². The minimum Gasteiger partial charge on any atom is -0.496 e. The van der Waals surface area contributed by atoms with Crippen LogP contribution >= 0.6 is 0 Å². The lowest BCUT2D eigenvalue weighted by molar-refractivity contribution is 0.181. The van der Waals surface area contributed by atoms with Gasteiger partial charge in [-0.1, -0.05) is 11.8 Å². The number of carbonyl (C=O) groups is 1. The molecule has 0 aliphatic carbocycles. The second kappa shape index (κ2) is 8.33. The normalized spacial score (nSPS) is 13.6. The summed E-state index contributed by atoms with van der Waals surface area (Å²) < 4.78 is 37.2. The van der Waals surface area contributed by atoms with Crippen LogP contribution in [0, 0.1) is 18.8 Å². The fourth-order valence-corrected chi connectivity index (χ4v) is 3.74. The van der Waals surface area contributed by atoms with E-state index in [0.717, 1.165) is 16.8 Å². The van der Waals surface area contributed by atoms with Gasteiger partial charge in [-0.05, 0) is 55.0 Å². The van der Waals surface area contributed by atoms with Crippen LogP contribution in [0.15, 0.2) is 47.4 Å². The molecule has 8 heteroatoms. The average Bonchev–Trinajstić information content (AvgIpc) is 3.11. The Morgan fingerprint density at radius 2 is 1.96 bits per heavy atom. The first-order valence-corrected chi connectivity index (χ1v) is 10.1. The van der Waals surface area contributed by atoms with Crippen molar-refractivity contribution in [3.8, 4) is 17.6 Å². The minimum absolute atomic E-state index is 0.0202. The zero-order valence-corrected chi connectivity index (χ0v) is 16.4. The van der Waals surface area contributed by atoms with E-state index in [9.17, 15) is 13.2 Å². The van der Waals surface area contributed by atoms with E-state index in [1.165, 1.54) is 13.2 Å². The van der Waals surface area contributed by atoms with E-state index in [4.69, 9.17) is 9.47 Å². The molecule has 0 spiro atoms. The van der Waals surface area contributed by atoms with Gasteiger partial charge in [-0.3, -0.25) is 4.90 Å². The summed E-state index contributed by atoms with van der Waals surface area (Å²) in [5.74, 6) is 6.32. The van der Waals surface area contributed by atoms with Gasteiger partial charge in [0.25, 0.3) is 0 Å². The highest BCUT2D eigenvalue weighted by atomic mass is 32.2. The Hall–Kier alpha value is -3.02. The van der Waals surface area contributed by atoms with Crippen molar-refractivity contribution in [1.82, 2.24) is 4.72 Å². The molecule has 1 aliphatic rings. The van der Waals surface area contributed by atoms with Gasteiger partial charge < -0.3 is 9.47 Å². The van der Waals surface area contributed by atoms with E-state index in [1.54, 1.807) is 48.2 Å². The van der Waals surface area contributed by atoms with Crippen LogP contribution in [0.3, 0.4) is 0 Å². The molecule has 1 heterocycles. The molecule has 1 amide bonds. The van der Waals surface area contributed by atoms with Crippen LogP contribution in [0.1, 0.15) is 11.1 Å². The highest BCUT2D eigenvalue weighted by Crippen LogP contribution is 2.21. The summed E-state index contributed by atoms with van der Waals surface area (Å²) in [6.07, 6.45) is -0.359. The first-order valence-electron chi connectivity index (χ1n) is 8.58. The molecular formula is C20H20N2O5S. The summed E-state index contributed by atoms with van der Waals surface area (Å²) in [5.41, 5.74) is 2.19. The lowest BCUT2D eigenvalue weighted by Gasteiger charge is -2.11. The van der Waals surface area contributed by atoms with Gasteiger partial charge in [0.05, 0.1) is 25.1 Å². The fraction of sp³-hybridized carbons (Fsp3) is 0.250. The van der Waals surface area contributed by atoms with Gasteiger partial charge in [-0.25, -0.2) is 13.2 Å². The highest BCUT2D eigenvalue weighted by Gasteiger charge is 2.23. The van der Waals surface area contributed by atoms with Crippen LogP contribution in [-0.4, -0.2) is 41.3 Å². The molecule has 1 fully saturated rings. The van der Waals surface area contributed by atoms with E-state index < -0.39 is 10.0 Å². The Morgan fingerprint density at radius 3 is 2.57 bits per heavy atom. The van der Waals surface area contributed by atoms with Gasteiger partial charge in [-0.2, -0.15) is 4.72 Å². The summed E-state index contributed by atoms with van der Waals surface area (Å²) >= 11 is 0. The minimum atomic E-state index is -3.65. The number of sulfonamides is 1. The number of anilines is 1. The van der Waals surface area contributed by atoms with Gasteiger partial charge in [0.15, 0.2) is 0 Å². The predicted octanol–water partition coefficient (Wildman–Crippen LogP) is 2.29. The Kier molecular flexibility index (Phi) is 5.87. The molecule has 1 N–H and O–H groups in total. The number of nitrogens with zero attached hydrogens (tertiary/aromatic N) is 1. The number of nitrogens with one attached hydrogen (secondary N) is 1. The lowest BCUT2D eigenvalue weighted by atomic mass is 10.2. The Bertz CT molecular complexity index is 1040. The Labute approximate surface area is 164 Å². The molecule has 146 valence electrons. The van der Waals surface area contributed by atoms with E-state index in [1.807, 2.05) is 0 Å². The number of ether oxygens (including phenoxy) is 2. The first-order chi connectivity index (χ1) is 13.4. The number of aryl methyl sites for hydroxylation is 1. The number of amides is 1. The third kappa shape index (κ3) is 4.44. The van der Waals surface area contributed by atoms with Crippen LogP contribution in [0.25, 0.3) is 0 Å². The molecule has 0 atom stereocenters. The molecule has 0 unspecified atom stereocenters. The maximum atomic E-state index is 12.3. The number of hydrogen-bond donors (Lipinski definition) is 1. The highest BCUT2D eigenvalue weighted by molar-refractivity contribution is 7.89. The molecule has 28 heavy (non-hydrogen) atoms. The molecule has 0 radical (unpaired) electrons. The zero-order valence-electron chi connectivity index (χ0n) is 15.6. The number of hydrogen-bond acceptors (Lipinski definition) is 5. The zero-order chi connectivity index (χ0) is 20.1. The Balaban J connectivity index is 1.61. The number of benzene rings is 2. The Morgan fingerprint density at radius 1 is 1.21 bits per heavy atom. The van der Waals surface area contributed by atoms with Gasteiger partial charge in [0, 0.05) is 11.3 Å². The smallest absolute Gasteiger partial charge is 0.414 e. The van der Waals surface area contributed by atoms with E-state index >= 15 is 0 Å². The molecule has 2 aromatic carbocycles. The van der Waals surface area contributed by atoms with Gasteiger partial charge in [0.2, 0.25) is 10.0 Å². The third-order valence-electron chi connectivity index (χ3n) is 4.20.